The van der Waals surface area contributed by atoms with Crippen molar-refractivity contribution in [2.75, 3.05) is 13.1 Å². The van der Waals surface area contributed by atoms with Crippen molar-refractivity contribution in [2.45, 2.75) is 19.3 Å². The Hall–Kier alpha value is -0.870. The summed E-state index contributed by atoms with van der Waals surface area (Å²) in [6.45, 7) is 3.05. The summed E-state index contributed by atoms with van der Waals surface area (Å²) in [6, 6.07) is 8.33. The van der Waals surface area contributed by atoms with E-state index in [9.17, 15) is 4.79 Å². The van der Waals surface area contributed by atoms with Crippen molar-refractivity contribution < 1.29 is 9.63 Å². The van der Waals surface area contributed by atoms with E-state index in [1.165, 1.54) is 12.5 Å². The van der Waals surface area contributed by atoms with Crippen LogP contribution in [0.2, 0.25) is 0 Å². The van der Waals surface area contributed by atoms with E-state index < -0.39 is 0 Å². The highest BCUT2D eigenvalue weighted by Gasteiger charge is 2.25. The Morgan fingerprint density at radius 3 is 2.75 bits per heavy atom. The first kappa shape index (κ1) is 11.6. The smallest absolute Gasteiger partial charge is 0.322 e. The van der Waals surface area contributed by atoms with Crippen molar-refractivity contribution in [3.8, 4) is 0 Å². The van der Waals surface area contributed by atoms with Gasteiger partial charge in [-0.3, -0.25) is 4.79 Å². The van der Waals surface area contributed by atoms with E-state index in [-0.39, 0.29) is 5.97 Å². The molecule has 0 aromatic heterocycles. The van der Waals surface area contributed by atoms with Crippen LogP contribution in [0.4, 0.5) is 0 Å². The Labute approximate surface area is 103 Å². The van der Waals surface area contributed by atoms with Gasteiger partial charge in [-0.25, -0.2) is 0 Å². The Morgan fingerprint density at radius 2 is 2.12 bits per heavy atom. The molecular weight excluding hydrogens is 270 g/mol. The first-order valence-electron chi connectivity index (χ1n) is 5.34. The molecule has 1 aliphatic rings. The lowest BCUT2D eigenvalue weighted by molar-refractivity contribution is -0.182. The highest BCUT2D eigenvalue weighted by Crippen LogP contribution is 2.28. The lowest BCUT2D eigenvalue weighted by Gasteiger charge is -2.14. The van der Waals surface area contributed by atoms with Crippen LogP contribution in [-0.4, -0.2) is 24.1 Å². The molecule has 0 bridgehead atoms. The molecule has 4 heteroatoms. The summed E-state index contributed by atoms with van der Waals surface area (Å²) in [6.07, 6.45) is 1.04. The minimum atomic E-state index is -0.239. The Kier molecular flexibility index (Phi) is 3.61. The zero-order chi connectivity index (χ0) is 11.5. The number of halogens is 1. The maximum absolute atomic E-state index is 10.8. The first-order valence-corrected chi connectivity index (χ1v) is 6.13. The molecular formula is C12H14BrNO2. The molecule has 1 aromatic rings. The number of carbonyl (C=O) groups excluding carboxylic acids is 1. The van der Waals surface area contributed by atoms with Crippen LogP contribution in [0.1, 0.15) is 24.8 Å². The SMILES string of the molecule is CC(=O)ON1CCC(c2ccc(Br)cc2)C1. The van der Waals surface area contributed by atoms with E-state index in [2.05, 4.69) is 28.1 Å². The molecule has 2 rings (SSSR count). The van der Waals surface area contributed by atoms with Crippen LogP contribution in [0.15, 0.2) is 28.7 Å². The van der Waals surface area contributed by atoms with E-state index in [0.717, 1.165) is 24.0 Å². The molecule has 86 valence electrons. The van der Waals surface area contributed by atoms with Gasteiger partial charge in [0.1, 0.15) is 0 Å². The third-order valence-electron chi connectivity index (χ3n) is 2.75. The van der Waals surface area contributed by atoms with Gasteiger partial charge < -0.3 is 4.84 Å². The van der Waals surface area contributed by atoms with Crippen LogP contribution < -0.4 is 0 Å². The molecule has 0 radical (unpaired) electrons. The monoisotopic (exact) mass is 283 g/mol. The number of hydrogen-bond acceptors (Lipinski definition) is 3. The van der Waals surface area contributed by atoms with Crippen LogP contribution in [0.25, 0.3) is 0 Å². The van der Waals surface area contributed by atoms with Crippen LogP contribution in [0.3, 0.4) is 0 Å². The average Bonchev–Trinajstić information content (AvgIpc) is 2.66. The third kappa shape index (κ3) is 2.83. The van der Waals surface area contributed by atoms with E-state index in [4.69, 9.17) is 4.84 Å². The number of hydroxylamine groups is 2. The molecule has 0 saturated carbocycles. The number of hydrogen-bond donors (Lipinski definition) is 0. The molecule has 3 nitrogen and oxygen atoms in total. The predicted octanol–water partition coefficient (Wildman–Crippen LogP) is 2.72. The second-order valence-electron chi connectivity index (χ2n) is 4.01. The second-order valence-corrected chi connectivity index (χ2v) is 4.92. The zero-order valence-corrected chi connectivity index (χ0v) is 10.7. The van der Waals surface area contributed by atoms with Crippen LogP contribution in [0, 0.1) is 0 Å². The maximum Gasteiger partial charge on any atom is 0.322 e. The van der Waals surface area contributed by atoms with Crippen molar-refractivity contribution in [3.05, 3.63) is 34.3 Å². The Morgan fingerprint density at radius 1 is 1.44 bits per heavy atom. The van der Waals surface area contributed by atoms with Crippen molar-refractivity contribution in [3.63, 3.8) is 0 Å². The number of carbonyl (C=O) groups is 1. The first-order chi connectivity index (χ1) is 7.65. The van der Waals surface area contributed by atoms with Gasteiger partial charge in [-0.1, -0.05) is 28.1 Å². The molecule has 1 atom stereocenters. The maximum atomic E-state index is 10.8. The molecule has 1 aliphatic heterocycles. The summed E-state index contributed by atoms with van der Waals surface area (Å²) in [5, 5.41) is 1.75. The van der Waals surface area contributed by atoms with Crippen molar-refractivity contribution in [1.82, 2.24) is 5.06 Å². The molecule has 16 heavy (non-hydrogen) atoms. The summed E-state index contributed by atoms with van der Waals surface area (Å²) in [4.78, 5) is 15.9. The van der Waals surface area contributed by atoms with E-state index in [1.54, 1.807) is 5.06 Å². The third-order valence-corrected chi connectivity index (χ3v) is 3.28. The summed E-state index contributed by atoms with van der Waals surface area (Å²) >= 11 is 3.42. The normalized spacial score (nSPS) is 21.0. The van der Waals surface area contributed by atoms with Crippen molar-refractivity contribution in [2.24, 2.45) is 0 Å². The standard InChI is InChI=1S/C12H14BrNO2/c1-9(15)16-14-7-6-11(8-14)10-2-4-12(13)5-3-10/h2-5,11H,6-8H2,1H3. The molecule has 0 amide bonds. The summed E-state index contributed by atoms with van der Waals surface area (Å²) in [5.41, 5.74) is 1.30. The number of rotatable bonds is 2. The summed E-state index contributed by atoms with van der Waals surface area (Å²) in [7, 11) is 0. The lowest BCUT2D eigenvalue weighted by atomic mass is 9.99. The average molecular weight is 284 g/mol. The molecule has 0 spiro atoms. The number of benzene rings is 1. The molecule has 1 unspecified atom stereocenters. The second kappa shape index (κ2) is 4.97. The van der Waals surface area contributed by atoms with Gasteiger partial charge in [-0.05, 0) is 24.1 Å². The summed E-state index contributed by atoms with van der Waals surface area (Å²) < 4.78 is 1.09. The van der Waals surface area contributed by atoms with Crippen molar-refractivity contribution >= 4 is 21.9 Å². The zero-order valence-electron chi connectivity index (χ0n) is 9.15. The molecule has 1 saturated heterocycles. The van der Waals surface area contributed by atoms with E-state index in [1.807, 2.05) is 12.1 Å². The Balaban J connectivity index is 1.98. The van der Waals surface area contributed by atoms with E-state index in [0.29, 0.717) is 5.92 Å². The number of nitrogens with zero attached hydrogens (tertiary/aromatic N) is 1. The molecule has 0 N–H and O–H groups in total. The van der Waals surface area contributed by atoms with Gasteiger partial charge in [-0.15, -0.1) is 5.06 Å². The molecule has 0 aliphatic carbocycles. The highest BCUT2D eigenvalue weighted by molar-refractivity contribution is 9.10. The topological polar surface area (TPSA) is 29.5 Å². The Bertz CT molecular complexity index is 377. The largest absolute Gasteiger partial charge is 0.368 e. The van der Waals surface area contributed by atoms with Crippen LogP contribution >= 0.6 is 15.9 Å². The van der Waals surface area contributed by atoms with Crippen molar-refractivity contribution in [1.29, 1.82) is 0 Å². The van der Waals surface area contributed by atoms with Gasteiger partial charge in [0.15, 0.2) is 0 Å². The predicted molar refractivity (Wildman–Crippen MR) is 64.8 cm³/mol. The minimum Gasteiger partial charge on any atom is -0.368 e. The highest BCUT2D eigenvalue weighted by atomic mass is 79.9. The van der Waals surface area contributed by atoms with Gasteiger partial charge in [0.05, 0.1) is 0 Å². The van der Waals surface area contributed by atoms with Crippen LogP contribution in [-0.2, 0) is 9.63 Å². The summed E-state index contributed by atoms with van der Waals surface area (Å²) in [5.74, 6) is 0.226. The molecule has 1 aromatic carbocycles. The van der Waals surface area contributed by atoms with Gasteiger partial charge in [-0.2, -0.15) is 0 Å². The fourth-order valence-corrected chi connectivity index (χ4v) is 2.26. The fourth-order valence-electron chi connectivity index (χ4n) is 2.00. The lowest BCUT2D eigenvalue weighted by Crippen LogP contribution is -2.23. The van der Waals surface area contributed by atoms with Gasteiger partial charge in [0.25, 0.3) is 0 Å². The minimum absolute atomic E-state index is 0.239. The fraction of sp³-hybridized carbons (Fsp3) is 0.417. The molecule has 1 fully saturated rings. The van der Waals surface area contributed by atoms with Gasteiger partial charge >= 0.3 is 5.97 Å². The van der Waals surface area contributed by atoms with Gasteiger partial charge in [0.2, 0.25) is 0 Å². The van der Waals surface area contributed by atoms with Crippen LogP contribution in [0.5, 0.6) is 0 Å². The molecule has 1 heterocycles. The van der Waals surface area contributed by atoms with E-state index >= 15 is 0 Å². The quantitative estimate of drug-likeness (QED) is 0.836. The van der Waals surface area contributed by atoms with Gasteiger partial charge in [0, 0.05) is 30.4 Å².